The van der Waals surface area contributed by atoms with E-state index in [9.17, 15) is 9.59 Å². The van der Waals surface area contributed by atoms with Gasteiger partial charge in [0.1, 0.15) is 12.8 Å². The summed E-state index contributed by atoms with van der Waals surface area (Å²) < 4.78 is 11.4. The van der Waals surface area contributed by atoms with E-state index in [0.29, 0.717) is 30.6 Å². The van der Waals surface area contributed by atoms with E-state index in [1.807, 2.05) is 6.07 Å². The number of benzene rings is 1. The third kappa shape index (κ3) is 2.02. The highest BCUT2D eigenvalue weighted by molar-refractivity contribution is 5.79. The van der Waals surface area contributed by atoms with E-state index in [4.69, 9.17) is 8.94 Å². The Morgan fingerprint density at radius 3 is 3.09 bits per heavy atom. The molecule has 1 aliphatic heterocycles. The fourth-order valence-electron chi connectivity index (χ4n) is 2.75. The van der Waals surface area contributed by atoms with Gasteiger partial charge in [0, 0.05) is 18.5 Å². The summed E-state index contributed by atoms with van der Waals surface area (Å²) >= 11 is 0. The Labute approximate surface area is 124 Å². The molecule has 3 aromatic rings. The molecule has 1 amide bonds. The normalized spacial score (nSPS) is 14.3. The van der Waals surface area contributed by atoms with Crippen LogP contribution in [0.5, 0.6) is 0 Å². The zero-order valence-electron chi connectivity index (χ0n) is 11.7. The van der Waals surface area contributed by atoms with Crippen LogP contribution in [0.3, 0.4) is 0 Å². The minimum Gasteiger partial charge on any atom is -0.408 e. The lowest BCUT2D eigenvalue weighted by atomic mass is 10.1. The molecule has 0 N–H and O–H groups in total. The van der Waals surface area contributed by atoms with E-state index >= 15 is 0 Å². The van der Waals surface area contributed by atoms with E-state index in [1.54, 1.807) is 29.4 Å². The highest BCUT2D eigenvalue weighted by Crippen LogP contribution is 2.18. The van der Waals surface area contributed by atoms with E-state index in [0.717, 1.165) is 11.3 Å². The van der Waals surface area contributed by atoms with Crippen molar-refractivity contribution in [3.63, 3.8) is 0 Å². The molecule has 0 radical (unpaired) electrons. The van der Waals surface area contributed by atoms with Crippen LogP contribution in [0.1, 0.15) is 11.3 Å². The first-order valence-corrected chi connectivity index (χ1v) is 7.00. The summed E-state index contributed by atoms with van der Waals surface area (Å²) in [5.74, 6) is -0.641. The first kappa shape index (κ1) is 12.9. The second kappa shape index (κ2) is 4.87. The number of fused-ring (bicyclic) bond motifs is 2. The maximum absolute atomic E-state index is 12.5. The highest BCUT2D eigenvalue weighted by Gasteiger charge is 2.24. The van der Waals surface area contributed by atoms with Gasteiger partial charge in [-0.1, -0.05) is 17.3 Å². The number of carbonyl (C=O) groups is 1. The lowest BCUT2D eigenvalue weighted by molar-refractivity contribution is -0.132. The maximum atomic E-state index is 12.5. The minimum atomic E-state index is -0.516. The molecular weight excluding hydrogens is 286 g/mol. The number of hydrogen-bond acceptors (Lipinski definition) is 5. The molecular formula is C15H13N3O4. The lowest BCUT2D eigenvalue weighted by Crippen LogP contribution is -2.39. The molecule has 0 saturated heterocycles. The molecule has 7 nitrogen and oxygen atoms in total. The lowest BCUT2D eigenvalue weighted by Gasteiger charge is -2.25. The van der Waals surface area contributed by atoms with Crippen LogP contribution in [0.25, 0.3) is 11.1 Å². The maximum Gasteiger partial charge on any atom is 0.420 e. The molecule has 1 aliphatic rings. The number of hydrogen-bond donors (Lipinski definition) is 0. The van der Waals surface area contributed by atoms with E-state index in [1.165, 1.54) is 4.57 Å². The second-order valence-corrected chi connectivity index (χ2v) is 5.27. The van der Waals surface area contributed by atoms with Crippen LogP contribution in [0, 0.1) is 0 Å². The first-order valence-electron chi connectivity index (χ1n) is 7.00. The van der Waals surface area contributed by atoms with Crippen molar-refractivity contribution in [2.45, 2.75) is 19.5 Å². The molecule has 0 atom stereocenters. The predicted molar refractivity (Wildman–Crippen MR) is 76.1 cm³/mol. The van der Waals surface area contributed by atoms with Crippen molar-refractivity contribution >= 4 is 17.0 Å². The van der Waals surface area contributed by atoms with Gasteiger partial charge in [0.15, 0.2) is 5.58 Å². The van der Waals surface area contributed by atoms with Crippen molar-refractivity contribution < 1.29 is 13.7 Å². The second-order valence-electron chi connectivity index (χ2n) is 5.27. The van der Waals surface area contributed by atoms with E-state index in [-0.39, 0.29) is 12.5 Å². The molecule has 22 heavy (non-hydrogen) atoms. The summed E-state index contributed by atoms with van der Waals surface area (Å²) in [6.07, 6.45) is 2.23. The Morgan fingerprint density at radius 2 is 2.18 bits per heavy atom. The van der Waals surface area contributed by atoms with Crippen LogP contribution >= 0.6 is 0 Å². The summed E-state index contributed by atoms with van der Waals surface area (Å²) in [5, 5.41) is 3.90. The molecule has 1 aromatic carbocycles. The molecule has 2 aromatic heterocycles. The van der Waals surface area contributed by atoms with Gasteiger partial charge in [0.2, 0.25) is 5.91 Å². The van der Waals surface area contributed by atoms with Crippen LogP contribution in [0.2, 0.25) is 0 Å². The Morgan fingerprint density at radius 1 is 1.32 bits per heavy atom. The summed E-state index contributed by atoms with van der Waals surface area (Å²) in [6.45, 7) is 1.00. The van der Waals surface area contributed by atoms with E-state index < -0.39 is 5.76 Å². The molecule has 4 rings (SSSR count). The fraction of sp³-hybridized carbons (Fsp3) is 0.267. The quantitative estimate of drug-likeness (QED) is 0.709. The van der Waals surface area contributed by atoms with Gasteiger partial charge in [0.25, 0.3) is 0 Å². The average Bonchev–Trinajstić information content (AvgIpc) is 3.11. The van der Waals surface area contributed by atoms with Crippen LogP contribution in [0.15, 0.2) is 44.3 Å². The fourth-order valence-corrected chi connectivity index (χ4v) is 2.75. The van der Waals surface area contributed by atoms with Gasteiger partial charge in [-0.15, -0.1) is 0 Å². The third-order valence-electron chi connectivity index (χ3n) is 3.93. The zero-order valence-corrected chi connectivity index (χ0v) is 11.7. The average molecular weight is 299 g/mol. The summed E-state index contributed by atoms with van der Waals surface area (Å²) in [6, 6.07) is 7.07. The number of aromatic nitrogens is 2. The van der Waals surface area contributed by atoms with Gasteiger partial charge in [0.05, 0.1) is 17.8 Å². The Kier molecular flexibility index (Phi) is 2.85. The largest absolute Gasteiger partial charge is 0.420 e. The summed E-state index contributed by atoms with van der Waals surface area (Å²) in [7, 11) is 0. The van der Waals surface area contributed by atoms with Crippen molar-refractivity contribution in [3.05, 3.63) is 52.3 Å². The van der Waals surface area contributed by atoms with Crippen molar-refractivity contribution in [2.24, 2.45) is 0 Å². The van der Waals surface area contributed by atoms with Gasteiger partial charge in [-0.05, 0) is 12.1 Å². The van der Waals surface area contributed by atoms with Gasteiger partial charge in [-0.25, -0.2) is 4.79 Å². The number of oxazole rings is 1. The number of nitrogens with zero attached hydrogens (tertiary/aromatic N) is 3. The predicted octanol–water partition coefficient (Wildman–Crippen LogP) is 1.17. The van der Waals surface area contributed by atoms with Gasteiger partial charge in [-0.3, -0.25) is 9.36 Å². The van der Waals surface area contributed by atoms with Crippen molar-refractivity contribution in [3.8, 4) is 0 Å². The molecule has 0 aliphatic carbocycles. The van der Waals surface area contributed by atoms with Gasteiger partial charge < -0.3 is 13.8 Å². The SMILES string of the molecule is O=C(Cn1c(=O)oc2ccccc21)N1CCc2nocc2C1. The van der Waals surface area contributed by atoms with E-state index in [2.05, 4.69) is 5.16 Å². The Hall–Kier alpha value is -2.83. The standard InChI is InChI=1S/C15H13N3O4/c19-14(17-6-5-11-10(7-17)9-21-16-11)8-18-12-3-1-2-4-13(12)22-15(18)20/h1-4,9H,5-8H2. The molecule has 112 valence electrons. The monoisotopic (exact) mass is 299 g/mol. The van der Waals surface area contributed by atoms with Crippen LogP contribution in [-0.2, 0) is 24.3 Å². The smallest absolute Gasteiger partial charge is 0.408 e. The summed E-state index contributed by atoms with van der Waals surface area (Å²) in [5.41, 5.74) is 2.93. The molecule has 0 spiro atoms. The first-order chi connectivity index (χ1) is 10.7. The van der Waals surface area contributed by atoms with Gasteiger partial charge >= 0.3 is 5.76 Å². The molecule has 7 heteroatoms. The molecule has 0 fully saturated rings. The van der Waals surface area contributed by atoms with Crippen LogP contribution < -0.4 is 5.76 Å². The molecule has 0 bridgehead atoms. The molecule has 0 unspecified atom stereocenters. The third-order valence-corrected chi connectivity index (χ3v) is 3.93. The topological polar surface area (TPSA) is 81.5 Å². The molecule has 3 heterocycles. The van der Waals surface area contributed by atoms with Crippen molar-refractivity contribution in [1.82, 2.24) is 14.6 Å². The van der Waals surface area contributed by atoms with Crippen molar-refractivity contribution in [1.29, 1.82) is 0 Å². The highest BCUT2D eigenvalue weighted by atomic mass is 16.5. The van der Waals surface area contributed by atoms with Crippen LogP contribution in [-0.4, -0.2) is 27.1 Å². The number of carbonyl (C=O) groups excluding carboxylic acids is 1. The zero-order chi connectivity index (χ0) is 15.1. The Bertz CT molecular complexity index is 905. The van der Waals surface area contributed by atoms with Gasteiger partial charge in [-0.2, -0.15) is 0 Å². The van der Waals surface area contributed by atoms with Crippen molar-refractivity contribution in [2.75, 3.05) is 6.54 Å². The van der Waals surface area contributed by atoms with Crippen LogP contribution in [0.4, 0.5) is 0 Å². The number of para-hydroxylation sites is 2. The number of amides is 1. The Balaban J connectivity index is 1.59. The summed E-state index contributed by atoms with van der Waals surface area (Å²) in [4.78, 5) is 26.1. The minimum absolute atomic E-state index is 0.0313. The molecule has 0 saturated carbocycles. The number of rotatable bonds is 2.